The summed E-state index contributed by atoms with van der Waals surface area (Å²) >= 11 is 0. The molecule has 21 heavy (non-hydrogen) atoms. The Kier molecular flexibility index (Phi) is 4.81. The predicted molar refractivity (Wildman–Crippen MR) is 78.4 cm³/mol. The molecule has 0 radical (unpaired) electrons. The van der Waals surface area contributed by atoms with Crippen molar-refractivity contribution in [2.75, 3.05) is 5.32 Å². The van der Waals surface area contributed by atoms with Crippen molar-refractivity contribution < 1.29 is 9.18 Å². The summed E-state index contributed by atoms with van der Waals surface area (Å²) in [5.41, 5.74) is 1.20. The van der Waals surface area contributed by atoms with E-state index in [-0.39, 0.29) is 23.5 Å². The van der Waals surface area contributed by atoms with Crippen molar-refractivity contribution in [3.05, 3.63) is 53.7 Å². The summed E-state index contributed by atoms with van der Waals surface area (Å²) in [5.74, 6) is 0.0436. The number of aromatic nitrogens is 2. The topological polar surface area (TPSA) is 66.9 Å². The molecule has 1 aromatic heterocycles. The number of hydrogen-bond acceptors (Lipinski definition) is 4. The van der Waals surface area contributed by atoms with E-state index in [0.717, 1.165) is 5.56 Å². The van der Waals surface area contributed by atoms with E-state index in [4.69, 9.17) is 0 Å². The second-order valence-corrected chi connectivity index (χ2v) is 4.90. The van der Waals surface area contributed by atoms with Crippen molar-refractivity contribution in [1.29, 1.82) is 0 Å². The Labute approximate surface area is 122 Å². The van der Waals surface area contributed by atoms with Crippen molar-refractivity contribution in [2.45, 2.75) is 26.4 Å². The van der Waals surface area contributed by atoms with Crippen molar-refractivity contribution in [3.8, 4) is 0 Å². The quantitative estimate of drug-likeness (QED) is 0.886. The van der Waals surface area contributed by atoms with Gasteiger partial charge in [0.1, 0.15) is 17.3 Å². The van der Waals surface area contributed by atoms with Gasteiger partial charge in [-0.05, 0) is 31.5 Å². The number of nitrogens with one attached hydrogen (secondary N) is 2. The lowest BCUT2D eigenvalue weighted by Gasteiger charge is -2.08. The smallest absolute Gasteiger partial charge is 0.271 e. The number of rotatable bonds is 5. The van der Waals surface area contributed by atoms with Gasteiger partial charge in [-0.1, -0.05) is 12.1 Å². The zero-order valence-corrected chi connectivity index (χ0v) is 11.9. The SMILES string of the molecule is CC(C)NC(=O)c1cnc(NCc2ccc(F)cc2)cn1. The molecule has 0 aliphatic carbocycles. The standard InChI is InChI=1S/C15H17FN4O/c1-10(2)20-15(21)13-8-19-14(9-17-13)18-7-11-3-5-12(16)6-4-11/h3-6,8-10H,7H2,1-2H3,(H,18,19)(H,20,21). The van der Waals surface area contributed by atoms with E-state index < -0.39 is 0 Å². The molecule has 110 valence electrons. The first-order valence-electron chi connectivity index (χ1n) is 6.66. The molecule has 2 aromatic rings. The lowest BCUT2D eigenvalue weighted by Crippen LogP contribution is -2.30. The fourth-order valence-electron chi connectivity index (χ4n) is 1.67. The highest BCUT2D eigenvalue weighted by Crippen LogP contribution is 2.07. The molecule has 6 heteroatoms. The molecule has 2 rings (SSSR count). The van der Waals surface area contributed by atoms with Crippen LogP contribution < -0.4 is 10.6 Å². The van der Waals surface area contributed by atoms with Crippen LogP contribution in [0.5, 0.6) is 0 Å². The third-order valence-corrected chi connectivity index (χ3v) is 2.69. The van der Waals surface area contributed by atoms with Crippen molar-refractivity contribution in [3.63, 3.8) is 0 Å². The van der Waals surface area contributed by atoms with Crippen LogP contribution in [0.4, 0.5) is 10.2 Å². The third-order valence-electron chi connectivity index (χ3n) is 2.69. The van der Waals surface area contributed by atoms with Crippen molar-refractivity contribution >= 4 is 11.7 Å². The predicted octanol–water partition coefficient (Wildman–Crippen LogP) is 2.37. The van der Waals surface area contributed by atoms with E-state index in [1.807, 2.05) is 13.8 Å². The van der Waals surface area contributed by atoms with Gasteiger partial charge in [0.25, 0.3) is 5.91 Å². The molecule has 0 saturated heterocycles. The van der Waals surface area contributed by atoms with Crippen LogP contribution in [0.25, 0.3) is 0 Å². The summed E-state index contributed by atoms with van der Waals surface area (Å²) in [4.78, 5) is 19.9. The van der Waals surface area contributed by atoms with Crippen LogP contribution in [-0.2, 0) is 6.54 Å². The van der Waals surface area contributed by atoms with Crippen LogP contribution in [0, 0.1) is 5.82 Å². The molecule has 0 saturated carbocycles. The lowest BCUT2D eigenvalue weighted by atomic mass is 10.2. The van der Waals surface area contributed by atoms with Gasteiger partial charge in [-0.3, -0.25) is 4.79 Å². The number of carbonyl (C=O) groups is 1. The van der Waals surface area contributed by atoms with Crippen LogP contribution in [0.2, 0.25) is 0 Å². The fourth-order valence-corrected chi connectivity index (χ4v) is 1.67. The minimum atomic E-state index is -0.265. The molecular formula is C15H17FN4O. The normalized spacial score (nSPS) is 10.5. The van der Waals surface area contributed by atoms with E-state index in [1.165, 1.54) is 24.5 Å². The number of nitrogens with zero attached hydrogens (tertiary/aromatic N) is 2. The van der Waals surface area contributed by atoms with Gasteiger partial charge in [-0.2, -0.15) is 0 Å². The average Bonchev–Trinajstić information content (AvgIpc) is 2.46. The number of halogens is 1. The Balaban J connectivity index is 1.93. The molecule has 0 atom stereocenters. The van der Waals surface area contributed by atoms with E-state index in [2.05, 4.69) is 20.6 Å². The molecule has 0 aliphatic heterocycles. The van der Waals surface area contributed by atoms with E-state index >= 15 is 0 Å². The van der Waals surface area contributed by atoms with Gasteiger partial charge in [-0.25, -0.2) is 14.4 Å². The van der Waals surface area contributed by atoms with Gasteiger partial charge >= 0.3 is 0 Å². The Hall–Kier alpha value is -2.50. The highest BCUT2D eigenvalue weighted by atomic mass is 19.1. The summed E-state index contributed by atoms with van der Waals surface area (Å²) in [7, 11) is 0. The van der Waals surface area contributed by atoms with Gasteiger partial charge in [0.2, 0.25) is 0 Å². The number of amides is 1. The average molecular weight is 288 g/mol. The van der Waals surface area contributed by atoms with E-state index in [0.29, 0.717) is 12.4 Å². The van der Waals surface area contributed by atoms with Gasteiger partial charge in [0, 0.05) is 12.6 Å². The molecular weight excluding hydrogens is 271 g/mol. The monoisotopic (exact) mass is 288 g/mol. The molecule has 0 spiro atoms. The summed E-state index contributed by atoms with van der Waals surface area (Å²) in [5, 5.41) is 5.80. The highest BCUT2D eigenvalue weighted by Gasteiger charge is 2.08. The Morgan fingerprint density at radius 1 is 1.19 bits per heavy atom. The Bertz CT molecular complexity index is 596. The second-order valence-electron chi connectivity index (χ2n) is 4.90. The first-order valence-corrected chi connectivity index (χ1v) is 6.66. The van der Waals surface area contributed by atoms with Crippen molar-refractivity contribution in [2.24, 2.45) is 0 Å². The molecule has 2 N–H and O–H groups in total. The molecule has 1 aromatic carbocycles. The number of carbonyl (C=O) groups excluding carboxylic acids is 1. The van der Waals surface area contributed by atoms with Crippen LogP contribution >= 0.6 is 0 Å². The molecule has 0 aliphatic rings. The number of anilines is 1. The van der Waals surface area contributed by atoms with E-state index in [1.54, 1.807) is 12.1 Å². The Morgan fingerprint density at radius 2 is 1.90 bits per heavy atom. The summed E-state index contributed by atoms with van der Waals surface area (Å²) in [6.07, 6.45) is 2.92. The maximum absolute atomic E-state index is 12.8. The first kappa shape index (κ1) is 14.9. The van der Waals surface area contributed by atoms with Crippen LogP contribution in [-0.4, -0.2) is 21.9 Å². The molecule has 1 heterocycles. The summed E-state index contributed by atoms with van der Waals surface area (Å²) < 4.78 is 12.8. The Morgan fingerprint density at radius 3 is 2.48 bits per heavy atom. The van der Waals surface area contributed by atoms with Crippen LogP contribution in [0.1, 0.15) is 29.9 Å². The minimum Gasteiger partial charge on any atom is -0.365 e. The third kappa shape index (κ3) is 4.52. The van der Waals surface area contributed by atoms with Gasteiger partial charge in [0.05, 0.1) is 12.4 Å². The van der Waals surface area contributed by atoms with Gasteiger partial charge < -0.3 is 10.6 Å². The number of benzene rings is 1. The zero-order valence-electron chi connectivity index (χ0n) is 11.9. The fraction of sp³-hybridized carbons (Fsp3) is 0.267. The molecule has 5 nitrogen and oxygen atoms in total. The molecule has 0 fully saturated rings. The minimum absolute atomic E-state index is 0.0515. The molecule has 0 bridgehead atoms. The van der Waals surface area contributed by atoms with Crippen LogP contribution in [0.3, 0.4) is 0 Å². The van der Waals surface area contributed by atoms with Crippen LogP contribution in [0.15, 0.2) is 36.7 Å². The maximum atomic E-state index is 12.8. The highest BCUT2D eigenvalue weighted by molar-refractivity contribution is 5.92. The molecule has 0 unspecified atom stereocenters. The van der Waals surface area contributed by atoms with Crippen molar-refractivity contribution in [1.82, 2.24) is 15.3 Å². The van der Waals surface area contributed by atoms with E-state index in [9.17, 15) is 9.18 Å². The molecule has 1 amide bonds. The maximum Gasteiger partial charge on any atom is 0.271 e. The lowest BCUT2D eigenvalue weighted by molar-refractivity contribution is 0.0937. The van der Waals surface area contributed by atoms with Gasteiger partial charge in [0.15, 0.2) is 0 Å². The first-order chi connectivity index (χ1) is 10.0. The largest absolute Gasteiger partial charge is 0.365 e. The van der Waals surface area contributed by atoms with Gasteiger partial charge in [-0.15, -0.1) is 0 Å². The number of hydrogen-bond donors (Lipinski definition) is 2. The summed E-state index contributed by atoms with van der Waals surface area (Å²) in [6, 6.07) is 6.25. The zero-order chi connectivity index (χ0) is 15.2. The second kappa shape index (κ2) is 6.78. The summed E-state index contributed by atoms with van der Waals surface area (Å²) in [6.45, 7) is 4.26.